The van der Waals surface area contributed by atoms with Gasteiger partial charge in [0.25, 0.3) is 0 Å². The van der Waals surface area contributed by atoms with Crippen LogP contribution in [0.15, 0.2) is 30.3 Å². The maximum Gasteiger partial charge on any atom is 0.234 e. The number of hydrogen-bond acceptors (Lipinski definition) is 3. The largest absolute Gasteiger partial charge is 0.274 e. The third kappa shape index (κ3) is 2.35. The first-order valence-electron chi connectivity index (χ1n) is 7.01. The first-order chi connectivity index (χ1) is 10.1. The molecule has 0 unspecified atom stereocenters. The van der Waals surface area contributed by atoms with Crippen molar-refractivity contribution < 1.29 is 9.59 Å². The molecule has 1 aromatic carbocycles. The molecule has 0 spiro atoms. The van der Waals surface area contributed by atoms with Gasteiger partial charge >= 0.3 is 0 Å². The van der Waals surface area contributed by atoms with Crippen molar-refractivity contribution in [3.8, 4) is 0 Å². The zero-order valence-corrected chi connectivity index (χ0v) is 12.2. The van der Waals surface area contributed by atoms with E-state index in [-0.39, 0.29) is 11.8 Å². The van der Waals surface area contributed by atoms with Gasteiger partial charge in [-0.05, 0) is 19.4 Å². The third-order valence-electron chi connectivity index (χ3n) is 3.79. The van der Waals surface area contributed by atoms with Gasteiger partial charge in [-0.1, -0.05) is 30.3 Å². The smallest absolute Gasteiger partial charge is 0.234 e. The van der Waals surface area contributed by atoms with Crippen LogP contribution < -0.4 is 4.90 Å². The highest BCUT2D eigenvalue weighted by Crippen LogP contribution is 2.29. The molecule has 2 heterocycles. The van der Waals surface area contributed by atoms with Crippen LogP contribution in [0.4, 0.5) is 5.69 Å². The number of nitrogens with zero attached hydrogens (tertiary/aromatic N) is 3. The summed E-state index contributed by atoms with van der Waals surface area (Å²) in [5.41, 5.74) is 3.35. The second-order valence-corrected chi connectivity index (χ2v) is 5.29. The van der Waals surface area contributed by atoms with Crippen LogP contribution in [-0.4, -0.2) is 21.6 Å². The predicted molar refractivity (Wildman–Crippen MR) is 79.0 cm³/mol. The van der Waals surface area contributed by atoms with Gasteiger partial charge in [-0.15, -0.1) is 0 Å². The Balaban J connectivity index is 1.97. The normalized spacial score (nSPS) is 15.0. The Morgan fingerprint density at radius 1 is 1.05 bits per heavy atom. The maximum atomic E-state index is 11.9. The van der Waals surface area contributed by atoms with Crippen molar-refractivity contribution in [1.82, 2.24) is 9.78 Å². The summed E-state index contributed by atoms with van der Waals surface area (Å²) in [5, 5.41) is 4.49. The van der Waals surface area contributed by atoms with Crippen LogP contribution in [0.1, 0.15) is 29.8 Å². The second-order valence-electron chi connectivity index (χ2n) is 5.29. The first kappa shape index (κ1) is 13.5. The standard InChI is InChI=1S/C16H17N3O2/c1-11-16(19-14(20)8-9-15(19)21)12(2)18(17-11)10-13-6-4-3-5-7-13/h3-7H,8-10H2,1-2H3. The van der Waals surface area contributed by atoms with Crippen LogP contribution in [0, 0.1) is 13.8 Å². The maximum absolute atomic E-state index is 11.9. The molecule has 0 saturated carbocycles. The summed E-state index contributed by atoms with van der Waals surface area (Å²) in [4.78, 5) is 25.1. The van der Waals surface area contributed by atoms with Crippen LogP contribution in [-0.2, 0) is 16.1 Å². The number of amides is 2. The Kier molecular flexibility index (Phi) is 3.33. The topological polar surface area (TPSA) is 55.2 Å². The van der Waals surface area contributed by atoms with Gasteiger partial charge in [-0.25, -0.2) is 4.90 Å². The minimum absolute atomic E-state index is 0.134. The van der Waals surface area contributed by atoms with E-state index in [9.17, 15) is 9.59 Å². The fourth-order valence-corrected chi connectivity index (χ4v) is 2.75. The fourth-order valence-electron chi connectivity index (χ4n) is 2.75. The molecule has 1 aliphatic rings. The van der Waals surface area contributed by atoms with E-state index in [4.69, 9.17) is 0 Å². The molecule has 2 aromatic rings. The number of anilines is 1. The number of benzene rings is 1. The second kappa shape index (κ2) is 5.16. The van der Waals surface area contributed by atoms with Crippen molar-refractivity contribution >= 4 is 17.5 Å². The molecular formula is C16H17N3O2. The number of aryl methyl sites for hydroxylation is 1. The van der Waals surface area contributed by atoms with Crippen LogP contribution >= 0.6 is 0 Å². The highest BCUT2D eigenvalue weighted by molar-refractivity contribution is 6.20. The number of carbonyl (C=O) groups is 2. The molecule has 5 nitrogen and oxygen atoms in total. The number of hydrogen-bond donors (Lipinski definition) is 0. The number of rotatable bonds is 3. The van der Waals surface area contributed by atoms with Gasteiger partial charge in [0.05, 0.1) is 23.6 Å². The van der Waals surface area contributed by atoms with E-state index in [0.29, 0.717) is 30.8 Å². The molecule has 5 heteroatoms. The van der Waals surface area contributed by atoms with E-state index in [0.717, 1.165) is 11.3 Å². The zero-order valence-electron chi connectivity index (χ0n) is 12.2. The Bertz CT molecular complexity index is 688. The van der Waals surface area contributed by atoms with Gasteiger partial charge in [0.15, 0.2) is 0 Å². The quantitative estimate of drug-likeness (QED) is 0.811. The van der Waals surface area contributed by atoms with Gasteiger partial charge in [0.2, 0.25) is 11.8 Å². The molecule has 1 saturated heterocycles. The Morgan fingerprint density at radius 3 is 2.29 bits per heavy atom. The fraction of sp³-hybridized carbons (Fsp3) is 0.312. The van der Waals surface area contributed by atoms with Crippen molar-refractivity contribution in [2.24, 2.45) is 0 Å². The molecule has 0 radical (unpaired) electrons. The highest BCUT2D eigenvalue weighted by atomic mass is 16.2. The number of aromatic nitrogens is 2. The summed E-state index contributed by atoms with van der Waals surface area (Å²) in [7, 11) is 0. The zero-order chi connectivity index (χ0) is 15.0. The lowest BCUT2D eigenvalue weighted by Crippen LogP contribution is -2.29. The summed E-state index contributed by atoms with van der Waals surface area (Å²) in [6.07, 6.45) is 0.586. The molecule has 0 bridgehead atoms. The van der Waals surface area contributed by atoms with Gasteiger partial charge in [0, 0.05) is 12.8 Å². The molecule has 2 amide bonds. The van der Waals surface area contributed by atoms with Gasteiger partial charge < -0.3 is 0 Å². The van der Waals surface area contributed by atoms with E-state index in [1.54, 1.807) is 0 Å². The summed E-state index contributed by atoms with van der Waals surface area (Å²) in [6, 6.07) is 9.99. The first-order valence-corrected chi connectivity index (χ1v) is 7.01. The average molecular weight is 283 g/mol. The Labute approximate surface area is 123 Å². The minimum atomic E-state index is -0.134. The lowest BCUT2D eigenvalue weighted by molar-refractivity contribution is -0.121. The van der Waals surface area contributed by atoms with Crippen LogP contribution in [0.2, 0.25) is 0 Å². The lowest BCUT2D eigenvalue weighted by atomic mass is 10.2. The monoisotopic (exact) mass is 283 g/mol. The van der Waals surface area contributed by atoms with Crippen molar-refractivity contribution in [2.45, 2.75) is 33.2 Å². The molecule has 0 atom stereocenters. The molecule has 1 fully saturated rings. The average Bonchev–Trinajstić information content (AvgIpc) is 2.92. The van der Waals surface area contributed by atoms with Crippen molar-refractivity contribution in [1.29, 1.82) is 0 Å². The molecule has 0 aliphatic carbocycles. The minimum Gasteiger partial charge on any atom is -0.274 e. The van der Waals surface area contributed by atoms with Gasteiger partial charge in [-0.2, -0.15) is 5.10 Å². The molecule has 1 aromatic heterocycles. The summed E-state index contributed by atoms with van der Waals surface area (Å²) in [6.45, 7) is 4.36. The highest BCUT2D eigenvalue weighted by Gasteiger charge is 2.34. The summed E-state index contributed by atoms with van der Waals surface area (Å²) in [5.74, 6) is -0.268. The Hall–Kier alpha value is -2.43. The molecule has 0 N–H and O–H groups in total. The van der Waals surface area contributed by atoms with Crippen LogP contribution in [0.25, 0.3) is 0 Å². The lowest BCUT2D eigenvalue weighted by Gasteiger charge is -2.14. The van der Waals surface area contributed by atoms with Crippen LogP contribution in [0.5, 0.6) is 0 Å². The van der Waals surface area contributed by atoms with E-state index >= 15 is 0 Å². The number of imide groups is 1. The van der Waals surface area contributed by atoms with E-state index in [2.05, 4.69) is 5.10 Å². The summed E-state index contributed by atoms with van der Waals surface area (Å²) < 4.78 is 1.85. The van der Waals surface area contributed by atoms with Gasteiger partial charge in [0.1, 0.15) is 0 Å². The Morgan fingerprint density at radius 2 is 1.67 bits per heavy atom. The SMILES string of the molecule is Cc1nn(Cc2ccccc2)c(C)c1N1C(=O)CCC1=O. The van der Waals surface area contributed by atoms with Crippen LogP contribution in [0.3, 0.4) is 0 Å². The van der Waals surface area contributed by atoms with Crippen molar-refractivity contribution in [3.05, 3.63) is 47.3 Å². The molecule has 108 valence electrons. The van der Waals surface area contributed by atoms with Crippen molar-refractivity contribution in [3.63, 3.8) is 0 Å². The van der Waals surface area contributed by atoms with E-state index < -0.39 is 0 Å². The molecule has 3 rings (SSSR count). The summed E-state index contributed by atoms with van der Waals surface area (Å²) >= 11 is 0. The third-order valence-corrected chi connectivity index (χ3v) is 3.79. The molecule has 21 heavy (non-hydrogen) atoms. The number of carbonyl (C=O) groups excluding carboxylic acids is 2. The van der Waals surface area contributed by atoms with E-state index in [1.165, 1.54) is 4.90 Å². The molecule has 1 aliphatic heterocycles. The van der Waals surface area contributed by atoms with E-state index in [1.807, 2.05) is 48.9 Å². The predicted octanol–water partition coefficient (Wildman–Crippen LogP) is 2.20. The molecular weight excluding hydrogens is 266 g/mol. The van der Waals surface area contributed by atoms with Gasteiger partial charge in [-0.3, -0.25) is 14.3 Å². The van der Waals surface area contributed by atoms with Crippen molar-refractivity contribution in [2.75, 3.05) is 4.90 Å².